The van der Waals surface area contributed by atoms with E-state index in [9.17, 15) is 5.11 Å². The summed E-state index contributed by atoms with van der Waals surface area (Å²) in [5.41, 5.74) is 0. The minimum atomic E-state index is -0.491. The average Bonchev–Trinajstić information content (AvgIpc) is 2.72. The number of hydrogen-bond acceptors (Lipinski definition) is 4. The van der Waals surface area contributed by atoms with E-state index in [0.29, 0.717) is 19.5 Å². The molecule has 0 radical (unpaired) electrons. The van der Waals surface area contributed by atoms with E-state index in [1.54, 1.807) is 0 Å². The van der Waals surface area contributed by atoms with Crippen molar-refractivity contribution in [2.45, 2.75) is 37.8 Å². The van der Waals surface area contributed by atoms with Gasteiger partial charge in [0.05, 0.1) is 24.9 Å². The largest absolute Gasteiger partial charge is 0.388 e. The van der Waals surface area contributed by atoms with Crippen molar-refractivity contribution in [3.63, 3.8) is 0 Å². The summed E-state index contributed by atoms with van der Waals surface area (Å²) in [5, 5.41) is 9.43. The fraction of sp³-hybridized carbons (Fsp3) is 1.00. The minimum absolute atomic E-state index is 0.103. The third-order valence-corrected chi connectivity index (χ3v) is 2.38. The van der Waals surface area contributed by atoms with Crippen LogP contribution in [0.2, 0.25) is 0 Å². The molecule has 4 unspecified atom stereocenters. The van der Waals surface area contributed by atoms with Crippen molar-refractivity contribution >= 4 is 0 Å². The predicted octanol–water partition coefficient (Wildman–Crippen LogP) is -0.102. The molecule has 4 atom stereocenters. The molecule has 2 saturated heterocycles. The normalized spacial score (nSPS) is 47.5. The van der Waals surface area contributed by atoms with Crippen molar-refractivity contribution in [1.29, 1.82) is 0 Å². The number of rotatable bonds is 2. The monoisotopic (exact) mass is 174 g/mol. The lowest BCUT2D eigenvalue weighted by Gasteiger charge is -2.27. The molecular formula is C8H14O4. The van der Waals surface area contributed by atoms with Gasteiger partial charge < -0.3 is 19.3 Å². The van der Waals surface area contributed by atoms with Gasteiger partial charge in [0.15, 0.2) is 0 Å². The Morgan fingerprint density at radius 1 is 1.42 bits per heavy atom. The van der Waals surface area contributed by atoms with Gasteiger partial charge in [-0.15, -0.1) is 0 Å². The topological polar surface area (TPSA) is 51.2 Å². The SMILES string of the molecule is CC1OC1CC1OCOCC1O. The second kappa shape index (κ2) is 3.30. The van der Waals surface area contributed by atoms with Gasteiger partial charge in [0.2, 0.25) is 0 Å². The van der Waals surface area contributed by atoms with E-state index in [1.165, 1.54) is 0 Å². The lowest BCUT2D eigenvalue weighted by atomic mass is 10.1. The summed E-state index contributed by atoms with van der Waals surface area (Å²) in [6.07, 6.45) is 0.807. The summed E-state index contributed by atoms with van der Waals surface area (Å²) >= 11 is 0. The first kappa shape index (κ1) is 8.44. The van der Waals surface area contributed by atoms with Crippen LogP contribution in [0.15, 0.2) is 0 Å². The Kier molecular flexibility index (Phi) is 2.32. The summed E-state index contributed by atoms with van der Waals surface area (Å²) in [7, 11) is 0. The zero-order valence-electron chi connectivity index (χ0n) is 7.10. The molecule has 70 valence electrons. The van der Waals surface area contributed by atoms with Crippen molar-refractivity contribution < 1.29 is 19.3 Å². The first-order valence-electron chi connectivity index (χ1n) is 4.30. The van der Waals surface area contributed by atoms with E-state index < -0.39 is 6.10 Å². The van der Waals surface area contributed by atoms with Gasteiger partial charge in [0.1, 0.15) is 12.9 Å². The number of aliphatic hydroxyl groups is 1. The number of hydrogen-bond donors (Lipinski definition) is 1. The zero-order chi connectivity index (χ0) is 8.55. The molecule has 0 aromatic carbocycles. The zero-order valence-corrected chi connectivity index (χ0v) is 7.10. The molecule has 2 rings (SSSR count). The smallest absolute Gasteiger partial charge is 0.147 e. The summed E-state index contributed by atoms with van der Waals surface area (Å²) in [5.74, 6) is 0. The maximum Gasteiger partial charge on any atom is 0.147 e. The molecule has 12 heavy (non-hydrogen) atoms. The number of aliphatic hydroxyl groups excluding tert-OH is 1. The lowest BCUT2D eigenvalue weighted by molar-refractivity contribution is -0.195. The van der Waals surface area contributed by atoms with Crippen molar-refractivity contribution in [1.82, 2.24) is 0 Å². The van der Waals surface area contributed by atoms with Crippen LogP contribution in [0.5, 0.6) is 0 Å². The summed E-state index contributed by atoms with van der Waals surface area (Å²) in [6, 6.07) is 0. The minimum Gasteiger partial charge on any atom is -0.388 e. The highest BCUT2D eigenvalue weighted by Gasteiger charge is 2.39. The Morgan fingerprint density at radius 3 is 2.75 bits per heavy atom. The van der Waals surface area contributed by atoms with Crippen LogP contribution in [0.3, 0.4) is 0 Å². The molecule has 2 heterocycles. The lowest BCUT2D eigenvalue weighted by Crippen LogP contribution is -2.39. The van der Waals surface area contributed by atoms with Gasteiger partial charge in [-0.2, -0.15) is 0 Å². The summed E-state index contributed by atoms with van der Waals surface area (Å²) in [4.78, 5) is 0. The van der Waals surface area contributed by atoms with Gasteiger partial charge in [0.25, 0.3) is 0 Å². The Morgan fingerprint density at radius 2 is 2.17 bits per heavy atom. The van der Waals surface area contributed by atoms with Crippen LogP contribution in [-0.2, 0) is 14.2 Å². The van der Waals surface area contributed by atoms with Crippen LogP contribution >= 0.6 is 0 Å². The van der Waals surface area contributed by atoms with Gasteiger partial charge in [-0.25, -0.2) is 0 Å². The Bertz CT molecular complexity index is 161. The van der Waals surface area contributed by atoms with E-state index in [4.69, 9.17) is 14.2 Å². The standard InChI is InChI=1S/C8H14O4/c1-5-7(12-5)2-8-6(9)3-10-4-11-8/h5-9H,2-4H2,1H3. The second-order valence-corrected chi connectivity index (χ2v) is 3.38. The van der Waals surface area contributed by atoms with Crippen molar-refractivity contribution in [2.24, 2.45) is 0 Å². The van der Waals surface area contributed by atoms with Gasteiger partial charge in [-0.1, -0.05) is 0 Å². The molecule has 0 saturated carbocycles. The van der Waals surface area contributed by atoms with E-state index in [-0.39, 0.29) is 12.2 Å². The molecule has 0 amide bonds. The van der Waals surface area contributed by atoms with E-state index >= 15 is 0 Å². The van der Waals surface area contributed by atoms with E-state index in [0.717, 1.165) is 6.42 Å². The highest BCUT2D eigenvalue weighted by atomic mass is 16.7. The van der Waals surface area contributed by atoms with Crippen LogP contribution in [0.4, 0.5) is 0 Å². The fourth-order valence-electron chi connectivity index (χ4n) is 1.45. The van der Waals surface area contributed by atoms with Gasteiger partial charge >= 0.3 is 0 Å². The molecule has 0 spiro atoms. The van der Waals surface area contributed by atoms with Crippen LogP contribution < -0.4 is 0 Å². The molecular weight excluding hydrogens is 160 g/mol. The Balaban J connectivity index is 1.77. The molecule has 0 bridgehead atoms. The average molecular weight is 174 g/mol. The number of ether oxygens (including phenoxy) is 3. The Hall–Kier alpha value is -0.160. The summed E-state index contributed by atoms with van der Waals surface area (Å²) < 4.78 is 15.4. The van der Waals surface area contributed by atoms with E-state index in [1.807, 2.05) is 6.92 Å². The van der Waals surface area contributed by atoms with Crippen molar-refractivity contribution in [3.8, 4) is 0 Å². The highest BCUT2D eigenvalue weighted by Crippen LogP contribution is 2.28. The first-order valence-corrected chi connectivity index (χ1v) is 4.30. The van der Waals surface area contributed by atoms with Gasteiger partial charge in [-0.05, 0) is 6.92 Å². The Labute approximate surface area is 71.4 Å². The molecule has 0 aromatic heterocycles. The molecule has 2 aliphatic heterocycles. The quantitative estimate of drug-likeness (QED) is 0.594. The predicted molar refractivity (Wildman–Crippen MR) is 40.7 cm³/mol. The maximum atomic E-state index is 9.43. The van der Waals surface area contributed by atoms with Crippen LogP contribution in [0, 0.1) is 0 Å². The molecule has 4 nitrogen and oxygen atoms in total. The van der Waals surface area contributed by atoms with E-state index in [2.05, 4.69) is 0 Å². The van der Waals surface area contributed by atoms with Crippen LogP contribution in [-0.4, -0.2) is 42.9 Å². The van der Waals surface area contributed by atoms with Gasteiger partial charge in [-0.3, -0.25) is 0 Å². The maximum absolute atomic E-state index is 9.43. The molecule has 0 aliphatic carbocycles. The molecule has 2 aliphatic rings. The molecule has 2 fully saturated rings. The van der Waals surface area contributed by atoms with Crippen LogP contribution in [0.1, 0.15) is 13.3 Å². The van der Waals surface area contributed by atoms with Crippen molar-refractivity contribution in [2.75, 3.05) is 13.4 Å². The number of epoxide rings is 1. The van der Waals surface area contributed by atoms with Gasteiger partial charge in [0, 0.05) is 6.42 Å². The molecule has 1 N–H and O–H groups in total. The summed E-state index contributed by atoms with van der Waals surface area (Å²) in [6.45, 7) is 2.70. The third-order valence-electron chi connectivity index (χ3n) is 2.38. The fourth-order valence-corrected chi connectivity index (χ4v) is 1.45. The molecule has 0 aromatic rings. The highest BCUT2D eigenvalue weighted by molar-refractivity contribution is 4.86. The first-order chi connectivity index (χ1) is 5.77. The van der Waals surface area contributed by atoms with Crippen LogP contribution in [0.25, 0.3) is 0 Å². The molecule has 4 heteroatoms. The van der Waals surface area contributed by atoms with Crippen molar-refractivity contribution in [3.05, 3.63) is 0 Å². The third kappa shape index (κ3) is 1.77. The second-order valence-electron chi connectivity index (χ2n) is 3.38.